The molecular weight excluding hydrogens is 486 g/mol. The number of carbonyl (C=O) groups is 2. The molecule has 0 aromatic heterocycles. The van der Waals surface area contributed by atoms with Gasteiger partial charge in [-0.3, -0.25) is 9.59 Å². The number of nitrogens with zero attached hydrogens (tertiary/aromatic N) is 1. The van der Waals surface area contributed by atoms with Gasteiger partial charge in [-0.25, -0.2) is 5.43 Å². The fraction of sp³-hybridized carbons (Fsp3) is 0. The first-order chi connectivity index (χ1) is 13.5. The van der Waals surface area contributed by atoms with E-state index in [9.17, 15) is 9.59 Å². The van der Waals surface area contributed by atoms with Crippen LogP contribution in [-0.4, -0.2) is 18.0 Å². The average Bonchev–Trinajstić information content (AvgIpc) is 2.70. The minimum Gasteiger partial charge on any atom is -0.321 e. The third-order valence-electron chi connectivity index (χ3n) is 3.78. The summed E-state index contributed by atoms with van der Waals surface area (Å²) in [6.45, 7) is 0. The molecule has 3 rings (SSSR count). The number of amides is 2. The number of rotatable bonds is 5. The van der Waals surface area contributed by atoms with Crippen LogP contribution in [-0.2, 0) is 0 Å². The smallest absolute Gasteiger partial charge is 0.273 e. The lowest BCUT2D eigenvalue weighted by atomic mass is 10.1. The maximum Gasteiger partial charge on any atom is 0.273 e. The average molecular weight is 501 g/mol. The van der Waals surface area contributed by atoms with Gasteiger partial charge in [0.25, 0.3) is 11.8 Å². The largest absolute Gasteiger partial charge is 0.321 e. The fourth-order valence-electron chi connectivity index (χ4n) is 2.36. The highest BCUT2D eigenvalue weighted by molar-refractivity contribution is 9.10. The van der Waals surface area contributed by atoms with E-state index in [0.29, 0.717) is 16.8 Å². The Morgan fingerprint density at radius 2 is 1.39 bits per heavy atom. The minimum absolute atomic E-state index is 0.300. The van der Waals surface area contributed by atoms with E-state index in [0.717, 1.165) is 14.5 Å². The molecular formula is C21H15Br2N3O2. The normalized spacial score (nSPS) is 10.6. The maximum absolute atomic E-state index is 12.5. The van der Waals surface area contributed by atoms with Gasteiger partial charge in [-0.1, -0.05) is 56.1 Å². The zero-order valence-corrected chi connectivity index (χ0v) is 17.7. The van der Waals surface area contributed by atoms with Crippen molar-refractivity contribution in [2.24, 2.45) is 5.10 Å². The Hall–Kier alpha value is -2.77. The molecule has 2 amide bonds. The lowest BCUT2D eigenvalue weighted by Crippen LogP contribution is -2.21. The molecule has 0 heterocycles. The summed E-state index contributed by atoms with van der Waals surface area (Å²) >= 11 is 6.70. The van der Waals surface area contributed by atoms with Crippen molar-refractivity contribution in [3.63, 3.8) is 0 Å². The predicted octanol–water partition coefficient (Wildman–Crippen LogP) is 5.23. The van der Waals surface area contributed by atoms with E-state index in [1.807, 2.05) is 24.3 Å². The molecule has 2 N–H and O–H groups in total. The molecule has 3 aromatic carbocycles. The van der Waals surface area contributed by atoms with E-state index in [1.165, 1.54) is 0 Å². The minimum atomic E-state index is -0.417. The summed E-state index contributed by atoms with van der Waals surface area (Å²) in [4.78, 5) is 24.9. The van der Waals surface area contributed by atoms with Gasteiger partial charge >= 0.3 is 0 Å². The highest BCUT2D eigenvalue weighted by Crippen LogP contribution is 2.17. The van der Waals surface area contributed by atoms with Gasteiger partial charge in [0.2, 0.25) is 0 Å². The molecule has 0 unspecified atom stereocenters. The number of nitrogens with one attached hydrogen (secondary N) is 2. The van der Waals surface area contributed by atoms with Crippen LogP contribution in [0.5, 0.6) is 0 Å². The zero-order chi connectivity index (χ0) is 19.9. The van der Waals surface area contributed by atoms with Crippen LogP contribution in [0.15, 0.2) is 86.8 Å². The Labute approximate surface area is 179 Å². The van der Waals surface area contributed by atoms with Crippen molar-refractivity contribution < 1.29 is 9.59 Å². The molecule has 0 aliphatic rings. The van der Waals surface area contributed by atoms with Crippen molar-refractivity contribution in [1.29, 1.82) is 0 Å². The Balaban J connectivity index is 1.70. The van der Waals surface area contributed by atoms with Crippen LogP contribution < -0.4 is 10.7 Å². The Kier molecular flexibility index (Phi) is 6.73. The van der Waals surface area contributed by atoms with Crippen LogP contribution in [0.25, 0.3) is 0 Å². The van der Waals surface area contributed by atoms with Crippen molar-refractivity contribution in [3.05, 3.63) is 98.4 Å². The van der Waals surface area contributed by atoms with Crippen LogP contribution in [0, 0.1) is 0 Å². The summed E-state index contributed by atoms with van der Waals surface area (Å²) in [6, 6.07) is 21.2. The zero-order valence-electron chi connectivity index (χ0n) is 14.5. The van der Waals surface area contributed by atoms with E-state index < -0.39 is 5.91 Å². The number of hydrogen-bond donors (Lipinski definition) is 2. The second kappa shape index (κ2) is 9.43. The first-order valence-corrected chi connectivity index (χ1v) is 9.86. The van der Waals surface area contributed by atoms with Gasteiger partial charge < -0.3 is 5.32 Å². The molecule has 140 valence electrons. The van der Waals surface area contributed by atoms with Gasteiger partial charge in [0.05, 0.1) is 17.5 Å². The Morgan fingerprint density at radius 3 is 2.07 bits per heavy atom. The Morgan fingerprint density at radius 1 is 0.786 bits per heavy atom. The molecule has 0 bridgehead atoms. The molecule has 0 atom stereocenters. The number of hydrazone groups is 1. The molecule has 3 aromatic rings. The lowest BCUT2D eigenvalue weighted by molar-refractivity contribution is 0.0956. The standard InChI is InChI=1S/C21H15Br2N3O2/c22-16-9-5-14(6-10-16)13-24-26-21(28)18-3-1-2-4-19(18)25-20(27)15-7-11-17(23)12-8-15/h1-13H,(H,25,27)(H,26,28)/b24-13-. The number of benzene rings is 3. The summed E-state index contributed by atoms with van der Waals surface area (Å²) in [5, 5.41) is 6.75. The van der Waals surface area contributed by atoms with Gasteiger partial charge in [0.1, 0.15) is 0 Å². The first kappa shape index (κ1) is 20.0. The topological polar surface area (TPSA) is 70.6 Å². The summed E-state index contributed by atoms with van der Waals surface area (Å²) in [6.07, 6.45) is 1.55. The summed E-state index contributed by atoms with van der Waals surface area (Å²) in [7, 11) is 0. The molecule has 28 heavy (non-hydrogen) atoms. The molecule has 0 saturated carbocycles. The van der Waals surface area contributed by atoms with Crippen LogP contribution in [0.1, 0.15) is 26.3 Å². The number of carbonyl (C=O) groups excluding carboxylic acids is 2. The van der Waals surface area contributed by atoms with Gasteiger partial charge in [0, 0.05) is 14.5 Å². The predicted molar refractivity (Wildman–Crippen MR) is 118 cm³/mol. The lowest BCUT2D eigenvalue weighted by Gasteiger charge is -2.10. The molecule has 5 nitrogen and oxygen atoms in total. The second-order valence-electron chi connectivity index (χ2n) is 5.76. The molecule has 0 aliphatic heterocycles. The van der Waals surface area contributed by atoms with Crippen LogP contribution in [0.4, 0.5) is 5.69 Å². The van der Waals surface area contributed by atoms with Gasteiger partial charge in [-0.15, -0.1) is 0 Å². The quantitative estimate of drug-likeness (QED) is 0.372. The number of hydrogen-bond acceptors (Lipinski definition) is 3. The van der Waals surface area contributed by atoms with Gasteiger partial charge in [-0.05, 0) is 54.1 Å². The third-order valence-corrected chi connectivity index (χ3v) is 4.83. The van der Waals surface area contributed by atoms with Crippen LogP contribution in [0.2, 0.25) is 0 Å². The SMILES string of the molecule is O=C(Nc1ccccc1C(=O)N/N=C\c1ccc(Br)cc1)c1ccc(Br)cc1. The van der Waals surface area contributed by atoms with E-state index in [1.54, 1.807) is 54.7 Å². The van der Waals surface area contributed by atoms with E-state index in [4.69, 9.17) is 0 Å². The van der Waals surface area contributed by atoms with Crippen molar-refractivity contribution in [3.8, 4) is 0 Å². The van der Waals surface area contributed by atoms with E-state index in [2.05, 4.69) is 47.7 Å². The molecule has 0 saturated heterocycles. The monoisotopic (exact) mass is 499 g/mol. The molecule has 0 radical (unpaired) electrons. The summed E-state index contributed by atoms with van der Waals surface area (Å²) < 4.78 is 1.84. The van der Waals surface area contributed by atoms with Crippen molar-refractivity contribution in [2.45, 2.75) is 0 Å². The second-order valence-corrected chi connectivity index (χ2v) is 7.59. The number of anilines is 1. The molecule has 0 spiro atoms. The van der Waals surface area contributed by atoms with Crippen LogP contribution >= 0.6 is 31.9 Å². The summed E-state index contributed by atoms with van der Waals surface area (Å²) in [5.74, 6) is -0.716. The highest BCUT2D eigenvalue weighted by Gasteiger charge is 2.13. The maximum atomic E-state index is 12.5. The van der Waals surface area contributed by atoms with Gasteiger partial charge in [0.15, 0.2) is 0 Å². The number of halogens is 2. The van der Waals surface area contributed by atoms with E-state index >= 15 is 0 Å². The Bertz CT molecular complexity index is 1020. The van der Waals surface area contributed by atoms with Crippen LogP contribution in [0.3, 0.4) is 0 Å². The van der Waals surface area contributed by atoms with Crippen molar-refractivity contribution in [1.82, 2.24) is 5.43 Å². The summed E-state index contributed by atoms with van der Waals surface area (Å²) in [5.41, 5.74) is 4.55. The third kappa shape index (κ3) is 5.37. The van der Waals surface area contributed by atoms with Crippen molar-refractivity contribution in [2.75, 3.05) is 5.32 Å². The molecule has 7 heteroatoms. The van der Waals surface area contributed by atoms with Crippen molar-refractivity contribution >= 4 is 55.6 Å². The highest BCUT2D eigenvalue weighted by atomic mass is 79.9. The van der Waals surface area contributed by atoms with Gasteiger partial charge in [-0.2, -0.15) is 5.10 Å². The number of para-hydroxylation sites is 1. The molecule has 0 aliphatic carbocycles. The molecule has 0 fully saturated rings. The first-order valence-electron chi connectivity index (χ1n) is 8.28. The van der Waals surface area contributed by atoms with E-state index in [-0.39, 0.29) is 5.91 Å². The fourth-order valence-corrected chi connectivity index (χ4v) is 2.89.